The molecule has 1 nitrogen and oxygen atoms in total. The topological polar surface area (TPSA) is 26.0 Å². The maximum atomic E-state index is 6.24. The highest BCUT2D eigenvalue weighted by molar-refractivity contribution is 5.25. The molecule has 2 N–H and O–H groups in total. The van der Waals surface area contributed by atoms with Crippen LogP contribution in [0.4, 0.5) is 0 Å². The Morgan fingerprint density at radius 1 is 1.19 bits per heavy atom. The Labute approximate surface area is 98.4 Å². The molecule has 0 amide bonds. The van der Waals surface area contributed by atoms with Gasteiger partial charge in [-0.1, -0.05) is 41.5 Å². The average molecular weight is 215 g/mol. The molecule has 1 heteroatoms. The molecule has 1 aromatic rings. The van der Waals surface area contributed by atoms with Crippen LogP contribution in [0.3, 0.4) is 0 Å². The standard InChI is InChI=1S/C15H21N/c1-12-7-9-14(10-8-12)15(16)11-13-5-3-2-4-6-13/h5,7-10,15H,2-4,6,11,16H2,1H3. The van der Waals surface area contributed by atoms with Crippen LogP contribution in [0.25, 0.3) is 0 Å². The van der Waals surface area contributed by atoms with Crippen molar-refractivity contribution in [1.29, 1.82) is 0 Å². The summed E-state index contributed by atoms with van der Waals surface area (Å²) in [5, 5.41) is 0. The normalized spacial score (nSPS) is 18.0. The fourth-order valence-corrected chi connectivity index (χ4v) is 2.30. The highest BCUT2D eigenvalue weighted by atomic mass is 14.6. The molecule has 0 fully saturated rings. The van der Waals surface area contributed by atoms with Crippen LogP contribution in [0, 0.1) is 6.92 Å². The van der Waals surface area contributed by atoms with E-state index >= 15 is 0 Å². The SMILES string of the molecule is Cc1ccc(C(N)CC2=CCCCC2)cc1. The van der Waals surface area contributed by atoms with Crippen LogP contribution in [-0.2, 0) is 0 Å². The molecule has 1 aliphatic carbocycles. The van der Waals surface area contributed by atoms with Crippen LogP contribution in [0.1, 0.15) is 49.3 Å². The first kappa shape index (κ1) is 11.4. The zero-order valence-electron chi connectivity index (χ0n) is 10.1. The summed E-state index contributed by atoms with van der Waals surface area (Å²) in [4.78, 5) is 0. The molecular formula is C15H21N. The predicted octanol–water partition coefficient (Wildman–Crippen LogP) is 3.89. The minimum atomic E-state index is 0.171. The van der Waals surface area contributed by atoms with Gasteiger partial charge in [-0.25, -0.2) is 0 Å². The van der Waals surface area contributed by atoms with Gasteiger partial charge in [-0.05, 0) is 44.6 Å². The third-order valence-corrected chi connectivity index (χ3v) is 3.37. The molecule has 1 aliphatic rings. The van der Waals surface area contributed by atoms with Crippen molar-refractivity contribution in [1.82, 2.24) is 0 Å². The monoisotopic (exact) mass is 215 g/mol. The fraction of sp³-hybridized carbons (Fsp3) is 0.467. The van der Waals surface area contributed by atoms with Gasteiger partial charge in [-0.15, -0.1) is 0 Å². The van der Waals surface area contributed by atoms with E-state index < -0.39 is 0 Å². The van der Waals surface area contributed by atoms with Crippen molar-refractivity contribution in [2.45, 2.75) is 45.1 Å². The summed E-state index contributed by atoms with van der Waals surface area (Å²) < 4.78 is 0. The lowest BCUT2D eigenvalue weighted by atomic mass is 9.92. The number of benzene rings is 1. The lowest BCUT2D eigenvalue weighted by Crippen LogP contribution is -2.12. The van der Waals surface area contributed by atoms with Crippen molar-refractivity contribution in [2.24, 2.45) is 5.73 Å². The van der Waals surface area contributed by atoms with Crippen molar-refractivity contribution < 1.29 is 0 Å². The minimum Gasteiger partial charge on any atom is -0.324 e. The molecule has 0 radical (unpaired) electrons. The molecule has 0 bridgehead atoms. The second kappa shape index (κ2) is 5.31. The molecule has 16 heavy (non-hydrogen) atoms. The lowest BCUT2D eigenvalue weighted by Gasteiger charge is -2.17. The third kappa shape index (κ3) is 2.96. The molecule has 86 valence electrons. The zero-order chi connectivity index (χ0) is 11.4. The van der Waals surface area contributed by atoms with Crippen LogP contribution in [0.15, 0.2) is 35.9 Å². The highest BCUT2D eigenvalue weighted by Crippen LogP contribution is 2.26. The molecule has 0 spiro atoms. The molecule has 0 aliphatic heterocycles. The Balaban J connectivity index is 1.99. The van der Waals surface area contributed by atoms with Gasteiger partial charge < -0.3 is 5.73 Å². The van der Waals surface area contributed by atoms with Gasteiger partial charge in [0.15, 0.2) is 0 Å². The van der Waals surface area contributed by atoms with E-state index in [0.29, 0.717) is 0 Å². The minimum absolute atomic E-state index is 0.171. The number of allylic oxidation sites excluding steroid dienone is 1. The Kier molecular flexibility index (Phi) is 3.79. The van der Waals surface area contributed by atoms with E-state index in [1.165, 1.54) is 36.8 Å². The van der Waals surface area contributed by atoms with E-state index in [1.54, 1.807) is 5.57 Å². The van der Waals surface area contributed by atoms with E-state index in [4.69, 9.17) is 5.73 Å². The smallest absolute Gasteiger partial charge is 0.0332 e. The fourth-order valence-electron chi connectivity index (χ4n) is 2.30. The second-order valence-electron chi connectivity index (χ2n) is 4.83. The van der Waals surface area contributed by atoms with Crippen LogP contribution >= 0.6 is 0 Å². The Morgan fingerprint density at radius 3 is 2.56 bits per heavy atom. The van der Waals surface area contributed by atoms with E-state index in [0.717, 1.165) is 6.42 Å². The summed E-state index contributed by atoms with van der Waals surface area (Å²) in [6, 6.07) is 8.77. The van der Waals surface area contributed by atoms with Gasteiger partial charge >= 0.3 is 0 Å². The number of nitrogens with two attached hydrogens (primary N) is 1. The molecule has 1 atom stereocenters. The second-order valence-corrected chi connectivity index (χ2v) is 4.83. The molecule has 0 heterocycles. The third-order valence-electron chi connectivity index (χ3n) is 3.37. The van der Waals surface area contributed by atoms with E-state index in [-0.39, 0.29) is 6.04 Å². The summed E-state index contributed by atoms with van der Waals surface area (Å²) in [6.45, 7) is 2.11. The number of hydrogen-bond acceptors (Lipinski definition) is 1. The maximum absolute atomic E-state index is 6.24. The summed E-state index contributed by atoms with van der Waals surface area (Å²) in [7, 11) is 0. The van der Waals surface area contributed by atoms with Crippen LogP contribution in [-0.4, -0.2) is 0 Å². The first-order chi connectivity index (χ1) is 7.75. The summed E-state index contributed by atoms with van der Waals surface area (Å²) in [6.07, 6.45) is 8.60. The van der Waals surface area contributed by atoms with Crippen molar-refractivity contribution in [3.05, 3.63) is 47.0 Å². The number of rotatable bonds is 3. The van der Waals surface area contributed by atoms with Gasteiger partial charge in [-0.2, -0.15) is 0 Å². The van der Waals surface area contributed by atoms with E-state index in [1.807, 2.05) is 0 Å². The van der Waals surface area contributed by atoms with E-state index in [2.05, 4.69) is 37.3 Å². The molecular weight excluding hydrogens is 194 g/mol. The summed E-state index contributed by atoms with van der Waals surface area (Å²) in [5.74, 6) is 0. The predicted molar refractivity (Wildman–Crippen MR) is 69.3 cm³/mol. The summed E-state index contributed by atoms with van der Waals surface area (Å²) >= 11 is 0. The number of aryl methyl sites for hydroxylation is 1. The van der Waals surface area contributed by atoms with Gasteiger partial charge in [0.1, 0.15) is 0 Å². The lowest BCUT2D eigenvalue weighted by molar-refractivity contribution is 0.628. The average Bonchev–Trinajstić information content (AvgIpc) is 2.31. The molecule has 1 aromatic carbocycles. The van der Waals surface area contributed by atoms with Gasteiger partial charge in [0, 0.05) is 6.04 Å². The van der Waals surface area contributed by atoms with E-state index in [9.17, 15) is 0 Å². The molecule has 2 rings (SSSR count). The number of hydrogen-bond donors (Lipinski definition) is 1. The first-order valence-electron chi connectivity index (χ1n) is 6.26. The van der Waals surface area contributed by atoms with Crippen molar-refractivity contribution >= 4 is 0 Å². The van der Waals surface area contributed by atoms with Crippen molar-refractivity contribution in [3.63, 3.8) is 0 Å². The van der Waals surface area contributed by atoms with Crippen molar-refractivity contribution in [2.75, 3.05) is 0 Å². The summed E-state index contributed by atoms with van der Waals surface area (Å²) in [5.41, 5.74) is 10.4. The van der Waals surface area contributed by atoms with Crippen LogP contribution < -0.4 is 5.73 Å². The highest BCUT2D eigenvalue weighted by Gasteiger charge is 2.10. The molecule has 0 saturated heterocycles. The maximum Gasteiger partial charge on any atom is 0.0332 e. The van der Waals surface area contributed by atoms with Crippen molar-refractivity contribution in [3.8, 4) is 0 Å². The largest absolute Gasteiger partial charge is 0.324 e. The Hall–Kier alpha value is -1.08. The van der Waals surface area contributed by atoms with Gasteiger partial charge in [0.25, 0.3) is 0 Å². The Bertz CT molecular complexity index is 362. The molecule has 1 unspecified atom stereocenters. The molecule has 0 aromatic heterocycles. The molecule has 0 saturated carbocycles. The van der Waals surface area contributed by atoms with Gasteiger partial charge in [0.2, 0.25) is 0 Å². The first-order valence-corrected chi connectivity index (χ1v) is 6.26. The van der Waals surface area contributed by atoms with Gasteiger partial charge in [0.05, 0.1) is 0 Å². The zero-order valence-corrected chi connectivity index (χ0v) is 10.1. The van der Waals surface area contributed by atoms with Gasteiger partial charge in [-0.3, -0.25) is 0 Å². The van der Waals surface area contributed by atoms with Crippen LogP contribution in [0.2, 0.25) is 0 Å². The Morgan fingerprint density at radius 2 is 1.94 bits per heavy atom. The van der Waals surface area contributed by atoms with Crippen LogP contribution in [0.5, 0.6) is 0 Å². The quantitative estimate of drug-likeness (QED) is 0.761.